The van der Waals surface area contributed by atoms with E-state index in [1.54, 1.807) is 17.8 Å². The van der Waals surface area contributed by atoms with Gasteiger partial charge in [0, 0.05) is 0 Å². The number of benzene rings is 1. The molecule has 4 heteroatoms. The predicted octanol–water partition coefficient (Wildman–Crippen LogP) is 1.88. The zero-order valence-corrected chi connectivity index (χ0v) is 9.46. The molecule has 0 amide bonds. The Morgan fingerprint density at radius 3 is 2.75 bits per heavy atom. The van der Waals surface area contributed by atoms with Gasteiger partial charge in [-0.05, 0) is 25.0 Å². The number of hydrogen-bond acceptors (Lipinski definition) is 3. The van der Waals surface area contributed by atoms with Crippen molar-refractivity contribution in [2.24, 2.45) is 0 Å². The lowest BCUT2D eigenvalue weighted by Gasteiger charge is -2.05. The molecule has 1 heterocycles. The van der Waals surface area contributed by atoms with Gasteiger partial charge in [-0.15, -0.1) is 5.10 Å². The van der Waals surface area contributed by atoms with Crippen molar-refractivity contribution in [1.82, 2.24) is 15.0 Å². The highest BCUT2D eigenvalue weighted by Crippen LogP contribution is 2.15. The minimum Gasteiger partial charge on any atom is -0.387 e. The first-order valence-electron chi connectivity index (χ1n) is 5.41. The first kappa shape index (κ1) is 10.8. The molecular formula is C12H15N3O. The van der Waals surface area contributed by atoms with Gasteiger partial charge in [-0.25, -0.2) is 4.68 Å². The molecule has 1 unspecified atom stereocenters. The van der Waals surface area contributed by atoms with Crippen LogP contribution in [0, 0.1) is 0 Å². The number of aromatic nitrogens is 3. The highest BCUT2D eigenvalue weighted by molar-refractivity contribution is 5.40. The number of hydrogen-bond donors (Lipinski definition) is 1. The van der Waals surface area contributed by atoms with Crippen LogP contribution >= 0.6 is 0 Å². The summed E-state index contributed by atoms with van der Waals surface area (Å²) in [6.45, 7) is 3.78. The Morgan fingerprint density at radius 2 is 2.12 bits per heavy atom. The third kappa shape index (κ3) is 1.97. The summed E-state index contributed by atoms with van der Waals surface area (Å²) in [5.74, 6) is 0. The maximum absolute atomic E-state index is 9.39. The molecule has 0 fully saturated rings. The van der Waals surface area contributed by atoms with Crippen LogP contribution in [0.5, 0.6) is 0 Å². The summed E-state index contributed by atoms with van der Waals surface area (Å²) in [4.78, 5) is 0. The van der Waals surface area contributed by atoms with Gasteiger partial charge in [0.25, 0.3) is 0 Å². The van der Waals surface area contributed by atoms with E-state index in [9.17, 15) is 5.11 Å². The molecule has 4 nitrogen and oxygen atoms in total. The van der Waals surface area contributed by atoms with E-state index in [1.165, 1.54) is 5.56 Å². The fourth-order valence-corrected chi connectivity index (χ4v) is 1.62. The molecule has 2 rings (SSSR count). The van der Waals surface area contributed by atoms with Gasteiger partial charge in [-0.3, -0.25) is 0 Å². The van der Waals surface area contributed by atoms with Crippen LogP contribution in [-0.4, -0.2) is 20.1 Å². The zero-order valence-electron chi connectivity index (χ0n) is 9.46. The lowest BCUT2D eigenvalue weighted by Crippen LogP contribution is -1.99. The topological polar surface area (TPSA) is 50.9 Å². The summed E-state index contributed by atoms with van der Waals surface area (Å²) in [7, 11) is 0. The molecule has 1 N–H and O–H groups in total. The van der Waals surface area contributed by atoms with Crippen LogP contribution < -0.4 is 0 Å². The first-order chi connectivity index (χ1) is 7.72. The zero-order chi connectivity index (χ0) is 11.5. The van der Waals surface area contributed by atoms with Crippen LogP contribution in [0.25, 0.3) is 5.69 Å². The van der Waals surface area contributed by atoms with E-state index in [1.807, 2.05) is 18.2 Å². The highest BCUT2D eigenvalue weighted by atomic mass is 16.3. The second-order valence-electron chi connectivity index (χ2n) is 3.75. The Morgan fingerprint density at radius 1 is 1.38 bits per heavy atom. The Bertz CT molecular complexity index is 477. The number of nitrogens with zero attached hydrogens (tertiary/aromatic N) is 3. The smallest absolute Gasteiger partial charge is 0.111 e. The molecular weight excluding hydrogens is 202 g/mol. The van der Waals surface area contributed by atoms with E-state index < -0.39 is 6.10 Å². The van der Waals surface area contributed by atoms with Gasteiger partial charge in [0.15, 0.2) is 0 Å². The fraction of sp³-hybridized carbons (Fsp3) is 0.333. The third-order valence-electron chi connectivity index (χ3n) is 2.56. The van der Waals surface area contributed by atoms with Gasteiger partial charge >= 0.3 is 0 Å². The van der Waals surface area contributed by atoms with Crippen molar-refractivity contribution in [3.05, 3.63) is 41.7 Å². The molecule has 0 aliphatic rings. The summed E-state index contributed by atoms with van der Waals surface area (Å²) in [6.07, 6.45) is 2.13. The van der Waals surface area contributed by atoms with Crippen molar-refractivity contribution in [3.8, 4) is 5.69 Å². The van der Waals surface area contributed by atoms with Crippen LogP contribution in [-0.2, 0) is 6.42 Å². The maximum Gasteiger partial charge on any atom is 0.111 e. The lowest BCUT2D eigenvalue weighted by atomic mass is 10.1. The number of aliphatic hydroxyl groups is 1. The van der Waals surface area contributed by atoms with Crippen LogP contribution in [0.3, 0.4) is 0 Å². The molecule has 0 aliphatic carbocycles. The molecule has 0 aliphatic heterocycles. The van der Waals surface area contributed by atoms with E-state index in [0.717, 1.165) is 12.1 Å². The van der Waals surface area contributed by atoms with Crippen LogP contribution in [0.15, 0.2) is 30.5 Å². The van der Waals surface area contributed by atoms with Gasteiger partial charge in [-0.2, -0.15) is 0 Å². The van der Waals surface area contributed by atoms with Crippen molar-refractivity contribution < 1.29 is 5.11 Å². The molecule has 1 aromatic heterocycles. The average Bonchev–Trinajstić information content (AvgIpc) is 2.78. The van der Waals surface area contributed by atoms with Crippen LogP contribution in [0.2, 0.25) is 0 Å². The van der Waals surface area contributed by atoms with E-state index >= 15 is 0 Å². The van der Waals surface area contributed by atoms with Crippen LogP contribution in [0.4, 0.5) is 0 Å². The SMILES string of the molecule is CCc1ccccc1-n1cc(C(C)O)nn1. The number of rotatable bonds is 3. The summed E-state index contributed by atoms with van der Waals surface area (Å²) in [5.41, 5.74) is 2.82. The molecule has 84 valence electrons. The van der Waals surface area contributed by atoms with Gasteiger partial charge in [0.1, 0.15) is 5.69 Å². The van der Waals surface area contributed by atoms with Gasteiger partial charge in [0.2, 0.25) is 0 Å². The summed E-state index contributed by atoms with van der Waals surface area (Å²) in [5, 5.41) is 17.3. The van der Waals surface area contributed by atoms with Crippen molar-refractivity contribution in [2.75, 3.05) is 0 Å². The molecule has 0 saturated carbocycles. The molecule has 16 heavy (non-hydrogen) atoms. The largest absolute Gasteiger partial charge is 0.387 e. The standard InChI is InChI=1S/C12H15N3O/c1-3-10-6-4-5-7-12(10)15-8-11(9(2)16)13-14-15/h4-9,16H,3H2,1-2H3. The van der Waals surface area contributed by atoms with E-state index in [-0.39, 0.29) is 0 Å². The van der Waals surface area contributed by atoms with E-state index in [4.69, 9.17) is 0 Å². The quantitative estimate of drug-likeness (QED) is 0.854. The Balaban J connectivity index is 2.42. The Hall–Kier alpha value is -1.68. The molecule has 2 aromatic rings. The third-order valence-corrected chi connectivity index (χ3v) is 2.56. The number of aliphatic hydroxyl groups excluding tert-OH is 1. The minimum atomic E-state index is -0.581. The second-order valence-corrected chi connectivity index (χ2v) is 3.75. The average molecular weight is 217 g/mol. The van der Waals surface area contributed by atoms with E-state index in [0.29, 0.717) is 5.69 Å². The molecule has 1 atom stereocenters. The maximum atomic E-state index is 9.39. The molecule has 0 spiro atoms. The Labute approximate surface area is 94.5 Å². The molecule has 0 radical (unpaired) electrons. The van der Waals surface area contributed by atoms with Crippen molar-refractivity contribution >= 4 is 0 Å². The second kappa shape index (κ2) is 4.45. The fourth-order valence-electron chi connectivity index (χ4n) is 1.62. The van der Waals surface area contributed by atoms with Gasteiger partial charge < -0.3 is 5.11 Å². The van der Waals surface area contributed by atoms with Crippen LogP contribution in [0.1, 0.15) is 31.2 Å². The highest BCUT2D eigenvalue weighted by Gasteiger charge is 2.09. The summed E-state index contributed by atoms with van der Waals surface area (Å²) in [6, 6.07) is 8.05. The van der Waals surface area contributed by atoms with Crippen molar-refractivity contribution in [1.29, 1.82) is 0 Å². The predicted molar refractivity (Wildman–Crippen MR) is 61.4 cm³/mol. The van der Waals surface area contributed by atoms with E-state index in [2.05, 4.69) is 23.3 Å². The minimum absolute atomic E-state index is 0.581. The molecule has 0 bridgehead atoms. The lowest BCUT2D eigenvalue weighted by molar-refractivity contribution is 0.194. The van der Waals surface area contributed by atoms with Gasteiger partial charge in [0.05, 0.1) is 18.0 Å². The normalized spacial score (nSPS) is 12.7. The Kier molecular flexibility index (Phi) is 3.01. The summed E-state index contributed by atoms with van der Waals surface area (Å²) >= 11 is 0. The van der Waals surface area contributed by atoms with Crippen molar-refractivity contribution in [3.63, 3.8) is 0 Å². The molecule has 1 aromatic carbocycles. The number of para-hydroxylation sites is 1. The first-order valence-corrected chi connectivity index (χ1v) is 5.41. The molecule has 0 saturated heterocycles. The summed E-state index contributed by atoms with van der Waals surface area (Å²) < 4.78 is 1.71. The van der Waals surface area contributed by atoms with Crippen molar-refractivity contribution in [2.45, 2.75) is 26.4 Å². The van der Waals surface area contributed by atoms with Gasteiger partial charge in [-0.1, -0.05) is 30.3 Å². The monoisotopic (exact) mass is 217 g/mol. The number of aryl methyl sites for hydroxylation is 1.